The Labute approximate surface area is 190 Å². The van der Waals surface area contributed by atoms with Crippen molar-refractivity contribution in [3.05, 3.63) is 90.0 Å². The van der Waals surface area contributed by atoms with Gasteiger partial charge in [-0.2, -0.15) is 5.10 Å². The second-order valence-corrected chi connectivity index (χ2v) is 7.53. The van der Waals surface area contributed by atoms with E-state index in [0.29, 0.717) is 34.3 Å². The fraction of sp³-hybridized carbons (Fsp3) is 0.125. The number of nitrogens with two attached hydrogens (primary N) is 1. The number of hydrogen-bond donors (Lipinski definition) is 2. The first-order chi connectivity index (χ1) is 15.9. The van der Waals surface area contributed by atoms with Gasteiger partial charge in [-0.3, -0.25) is 9.59 Å². The van der Waals surface area contributed by atoms with Crippen molar-refractivity contribution < 1.29 is 14.3 Å². The van der Waals surface area contributed by atoms with Gasteiger partial charge in [-0.05, 0) is 42.3 Å². The highest BCUT2D eigenvalue weighted by Gasteiger charge is 2.21. The van der Waals surface area contributed by atoms with Gasteiger partial charge in [0.15, 0.2) is 5.82 Å². The number of nitrogens with zero attached hydrogens (tertiary/aromatic N) is 4. The Morgan fingerprint density at radius 1 is 1.03 bits per heavy atom. The number of pyridine rings is 2. The van der Waals surface area contributed by atoms with Crippen LogP contribution < -0.4 is 15.8 Å². The largest absolute Gasteiger partial charge is 0.439 e. The molecule has 4 rings (SSSR count). The minimum Gasteiger partial charge on any atom is -0.439 e. The molecule has 3 aromatic heterocycles. The number of nitrogens with one attached hydrogen (secondary N) is 1. The molecule has 0 saturated carbocycles. The molecule has 0 unspecified atom stereocenters. The minimum atomic E-state index is -0.543. The van der Waals surface area contributed by atoms with Crippen LogP contribution in [0.4, 0.5) is 5.69 Å². The average Bonchev–Trinajstić information content (AvgIpc) is 3.27. The van der Waals surface area contributed by atoms with E-state index in [1.807, 2.05) is 32.0 Å². The van der Waals surface area contributed by atoms with Crippen LogP contribution in [0.15, 0.2) is 73.2 Å². The predicted molar refractivity (Wildman–Crippen MR) is 123 cm³/mol. The summed E-state index contributed by atoms with van der Waals surface area (Å²) in [5, 5.41) is 7.22. The SMILES string of the molecule is CC(C)c1c(C(=O)Nc2ccc(Oc3cccc(C(N)=O)c3)nc2)cnn1-c1ccccn1. The van der Waals surface area contributed by atoms with E-state index in [2.05, 4.69) is 20.4 Å². The van der Waals surface area contributed by atoms with Gasteiger partial charge < -0.3 is 15.8 Å². The number of anilines is 1. The third kappa shape index (κ3) is 4.87. The van der Waals surface area contributed by atoms with Crippen molar-refractivity contribution in [3.63, 3.8) is 0 Å². The number of carbonyl (C=O) groups excluding carboxylic acids is 2. The van der Waals surface area contributed by atoms with Crippen LogP contribution in [0, 0.1) is 0 Å². The Hall–Kier alpha value is -4.53. The first-order valence-electron chi connectivity index (χ1n) is 10.3. The highest BCUT2D eigenvalue weighted by atomic mass is 16.5. The summed E-state index contributed by atoms with van der Waals surface area (Å²) in [4.78, 5) is 32.8. The number of carbonyl (C=O) groups is 2. The number of rotatable bonds is 7. The van der Waals surface area contributed by atoms with Crippen LogP contribution >= 0.6 is 0 Å². The molecule has 9 nitrogen and oxygen atoms in total. The Balaban J connectivity index is 1.50. The van der Waals surface area contributed by atoms with Crippen LogP contribution in [0.25, 0.3) is 5.82 Å². The van der Waals surface area contributed by atoms with E-state index >= 15 is 0 Å². The van der Waals surface area contributed by atoms with Crippen LogP contribution in [0.5, 0.6) is 11.6 Å². The van der Waals surface area contributed by atoms with Gasteiger partial charge >= 0.3 is 0 Å². The van der Waals surface area contributed by atoms with E-state index in [0.717, 1.165) is 5.69 Å². The Kier molecular flexibility index (Phi) is 6.12. The molecule has 3 heterocycles. The lowest BCUT2D eigenvalue weighted by atomic mass is 10.1. The lowest BCUT2D eigenvalue weighted by molar-refractivity contribution is 0.0997. The summed E-state index contributed by atoms with van der Waals surface area (Å²) < 4.78 is 7.34. The van der Waals surface area contributed by atoms with Crippen LogP contribution in [-0.2, 0) is 0 Å². The lowest BCUT2D eigenvalue weighted by Gasteiger charge is -2.12. The van der Waals surface area contributed by atoms with E-state index in [4.69, 9.17) is 10.5 Å². The van der Waals surface area contributed by atoms with E-state index in [-0.39, 0.29) is 11.8 Å². The fourth-order valence-electron chi connectivity index (χ4n) is 3.30. The Morgan fingerprint density at radius 2 is 1.88 bits per heavy atom. The third-order valence-electron chi connectivity index (χ3n) is 4.80. The maximum absolute atomic E-state index is 13.0. The molecule has 0 aliphatic rings. The molecular weight excluding hydrogens is 420 g/mol. The van der Waals surface area contributed by atoms with Gasteiger partial charge in [0.25, 0.3) is 5.91 Å². The smallest absolute Gasteiger partial charge is 0.259 e. The molecule has 0 spiro atoms. The summed E-state index contributed by atoms with van der Waals surface area (Å²) in [5.41, 5.74) is 7.34. The molecule has 2 amide bonds. The number of hydrogen-bond acceptors (Lipinski definition) is 6. The van der Waals surface area contributed by atoms with Crippen molar-refractivity contribution in [2.45, 2.75) is 19.8 Å². The molecule has 166 valence electrons. The first-order valence-corrected chi connectivity index (χ1v) is 10.3. The van der Waals surface area contributed by atoms with Gasteiger partial charge in [0, 0.05) is 17.8 Å². The van der Waals surface area contributed by atoms with Gasteiger partial charge in [0.1, 0.15) is 5.75 Å². The topological polar surface area (TPSA) is 125 Å². The van der Waals surface area contributed by atoms with Gasteiger partial charge in [-0.25, -0.2) is 14.6 Å². The fourth-order valence-corrected chi connectivity index (χ4v) is 3.30. The van der Waals surface area contributed by atoms with E-state index < -0.39 is 5.91 Å². The number of amides is 2. The molecule has 33 heavy (non-hydrogen) atoms. The van der Waals surface area contributed by atoms with Gasteiger partial charge in [-0.1, -0.05) is 26.0 Å². The number of primary amides is 1. The maximum Gasteiger partial charge on any atom is 0.259 e. The molecule has 0 fully saturated rings. The minimum absolute atomic E-state index is 0.0420. The standard InChI is InChI=1S/C24H22N6O3/c1-15(2)22-19(14-28-30(22)20-8-3-4-11-26-20)24(32)29-17-9-10-21(27-13-17)33-18-7-5-6-16(12-18)23(25)31/h3-15H,1-2H3,(H2,25,31)(H,29,32). The maximum atomic E-state index is 13.0. The summed E-state index contributed by atoms with van der Waals surface area (Å²) in [6.07, 6.45) is 4.71. The summed E-state index contributed by atoms with van der Waals surface area (Å²) in [7, 11) is 0. The van der Waals surface area contributed by atoms with Gasteiger partial charge in [0.05, 0.1) is 29.3 Å². The number of aromatic nitrogens is 4. The zero-order valence-electron chi connectivity index (χ0n) is 18.1. The van der Waals surface area contributed by atoms with Crippen molar-refractivity contribution >= 4 is 17.5 Å². The van der Waals surface area contributed by atoms with Crippen LogP contribution in [0.1, 0.15) is 46.2 Å². The normalized spacial score (nSPS) is 10.8. The highest BCUT2D eigenvalue weighted by Crippen LogP contribution is 2.24. The molecule has 0 aliphatic heterocycles. The molecule has 3 N–H and O–H groups in total. The molecule has 0 bridgehead atoms. The van der Waals surface area contributed by atoms with E-state index in [9.17, 15) is 9.59 Å². The highest BCUT2D eigenvalue weighted by molar-refractivity contribution is 6.05. The molecule has 0 atom stereocenters. The quantitative estimate of drug-likeness (QED) is 0.447. The van der Waals surface area contributed by atoms with Crippen molar-refractivity contribution in [1.29, 1.82) is 0 Å². The van der Waals surface area contributed by atoms with Gasteiger partial charge in [0.2, 0.25) is 11.8 Å². The molecule has 1 aromatic carbocycles. The van der Waals surface area contributed by atoms with Crippen molar-refractivity contribution in [2.75, 3.05) is 5.32 Å². The molecule has 4 aromatic rings. The zero-order chi connectivity index (χ0) is 23.4. The monoisotopic (exact) mass is 442 g/mol. The molecule has 0 radical (unpaired) electrons. The predicted octanol–water partition coefficient (Wildman–Crippen LogP) is 3.93. The molecular formula is C24H22N6O3. The Bertz CT molecular complexity index is 1280. The van der Waals surface area contributed by atoms with Crippen LogP contribution in [-0.4, -0.2) is 31.6 Å². The molecule has 0 saturated heterocycles. The van der Waals surface area contributed by atoms with E-state index in [1.54, 1.807) is 41.2 Å². The van der Waals surface area contributed by atoms with Crippen LogP contribution in [0.3, 0.4) is 0 Å². The van der Waals surface area contributed by atoms with Crippen molar-refractivity contribution in [1.82, 2.24) is 19.7 Å². The summed E-state index contributed by atoms with van der Waals surface area (Å²) in [6, 6.07) is 15.3. The summed E-state index contributed by atoms with van der Waals surface area (Å²) in [5.74, 6) is 0.577. The van der Waals surface area contributed by atoms with Crippen LogP contribution in [0.2, 0.25) is 0 Å². The number of benzene rings is 1. The second kappa shape index (κ2) is 9.31. The average molecular weight is 442 g/mol. The van der Waals surface area contributed by atoms with Crippen molar-refractivity contribution in [2.24, 2.45) is 5.73 Å². The second-order valence-electron chi connectivity index (χ2n) is 7.53. The first kappa shape index (κ1) is 21.7. The summed E-state index contributed by atoms with van der Waals surface area (Å²) in [6.45, 7) is 3.99. The number of ether oxygens (including phenoxy) is 1. The van der Waals surface area contributed by atoms with Crippen molar-refractivity contribution in [3.8, 4) is 17.4 Å². The van der Waals surface area contributed by atoms with E-state index in [1.165, 1.54) is 18.5 Å². The molecule has 9 heteroatoms. The zero-order valence-corrected chi connectivity index (χ0v) is 18.1. The summed E-state index contributed by atoms with van der Waals surface area (Å²) >= 11 is 0. The third-order valence-corrected chi connectivity index (χ3v) is 4.80. The molecule has 0 aliphatic carbocycles. The Morgan fingerprint density at radius 3 is 2.55 bits per heavy atom. The van der Waals surface area contributed by atoms with Gasteiger partial charge in [-0.15, -0.1) is 0 Å². The lowest BCUT2D eigenvalue weighted by Crippen LogP contribution is -2.15.